The van der Waals surface area contributed by atoms with E-state index in [9.17, 15) is 9.59 Å². The van der Waals surface area contributed by atoms with E-state index >= 15 is 0 Å². The highest BCUT2D eigenvalue weighted by Crippen LogP contribution is 2.23. The van der Waals surface area contributed by atoms with Crippen LogP contribution in [0.1, 0.15) is 0 Å². The Morgan fingerprint density at radius 2 is 2.12 bits per heavy atom. The summed E-state index contributed by atoms with van der Waals surface area (Å²) >= 11 is 1.33. The highest BCUT2D eigenvalue weighted by molar-refractivity contribution is 7.14. The summed E-state index contributed by atoms with van der Waals surface area (Å²) < 4.78 is 1.29. The van der Waals surface area contributed by atoms with Crippen LogP contribution < -0.4 is 10.9 Å². The molecule has 0 aliphatic rings. The van der Waals surface area contributed by atoms with Gasteiger partial charge in [-0.1, -0.05) is 12.1 Å². The normalized spacial score (nSPS) is 10.9. The van der Waals surface area contributed by atoms with Gasteiger partial charge in [0.15, 0.2) is 5.13 Å². The van der Waals surface area contributed by atoms with Crippen LogP contribution in [0.4, 0.5) is 5.13 Å². The molecule has 4 aromatic rings. The van der Waals surface area contributed by atoms with Crippen LogP contribution in [0.15, 0.2) is 59.1 Å². The molecule has 1 amide bonds. The summed E-state index contributed by atoms with van der Waals surface area (Å²) in [6, 6.07) is 10.8. The van der Waals surface area contributed by atoms with Crippen LogP contribution in [-0.4, -0.2) is 25.4 Å². The zero-order valence-corrected chi connectivity index (χ0v) is 13.8. The number of aromatic nitrogens is 4. The van der Waals surface area contributed by atoms with E-state index in [0.29, 0.717) is 16.0 Å². The fourth-order valence-electron chi connectivity index (χ4n) is 2.48. The van der Waals surface area contributed by atoms with Crippen LogP contribution in [0, 0.1) is 0 Å². The molecule has 0 unspecified atom stereocenters. The average molecular weight is 351 g/mol. The van der Waals surface area contributed by atoms with Gasteiger partial charge >= 0.3 is 0 Å². The summed E-state index contributed by atoms with van der Waals surface area (Å²) in [7, 11) is 0. The lowest BCUT2D eigenvalue weighted by molar-refractivity contribution is -0.116. The quantitative estimate of drug-likeness (QED) is 0.591. The number of thiazole rings is 1. The maximum atomic E-state index is 12.4. The van der Waals surface area contributed by atoms with Crippen molar-refractivity contribution in [3.8, 4) is 11.4 Å². The van der Waals surface area contributed by atoms with Crippen LogP contribution in [0.5, 0.6) is 0 Å². The molecule has 0 saturated heterocycles. The second-order valence-electron chi connectivity index (χ2n) is 5.36. The van der Waals surface area contributed by atoms with Crippen LogP contribution in [0.3, 0.4) is 0 Å². The number of nitrogens with zero attached hydrogens (tertiary/aromatic N) is 3. The van der Waals surface area contributed by atoms with Crippen LogP contribution in [0.2, 0.25) is 0 Å². The minimum absolute atomic E-state index is 0.117. The van der Waals surface area contributed by atoms with Crippen molar-refractivity contribution in [2.24, 2.45) is 0 Å². The van der Waals surface area contributed by atoms with Gasteiger partial charge in [-0.15, -0.1) is 11.3 Å². The van der Waals surface area contributed by atoms with Gasteiger partial charge < -0.3 is 10.3 Å². The minimum atomic E-state index is -0.327. The molecule has 3 heterocycles. The molecule has 2 N–H and O–H groups in total. The molecule has 0 saturated carbocycles. The van der Waals surface area contributed by atoms with E-state index < -0.39 is 0 Å². The largest absolute Gasteiger partial charge is 0.360 e. The number of para-hydroxylation sites is 1. The van der Waals surface area contributed by atoms with Crippen LogP contribution in [0.25, 0.3) is 22.3 Å². The number of anilines is 1. The summed E-state index contributed by atoms with van der Waals surface area (Å²) in [6.07, 6.45) is 3.20. The zero-order chi connectivity index (χ0) is 17.2. The lowest BCUT2D eigenvalue weighted by atomic mass is 10.2. The molecule has 0 spiro atoms. The standard InChI is InChI=1S/C17H13N5O2S/c23-15(21-17-20-14(9-25-17)13-6-3-7-18-13)8-22-10-19-12-5-2-1-4-11(12)16(22)24/h1-7,9-10,18H,8H2,(H,20,21,23). The predicted molar refractivity (Wildman–Crippen MR) is 96.5 cm³/mol. The Morgan fingerprint density at radius 1 is 1.24 bits per heavy atom. The van der Waals surface area contributed by atoms with Crippen LogP contribution in [-0.2, 0) is 11.3 Å². The Labute approximate surface area is 146 Å². The average Bonchev–Trinajstić information content (AvgIpc) is 3.29. The number of hydrogen-bond donors (Lipinski definition) is 2. The fourth-order valence-corrected chi connectivity index (χ4v) is 3.20. The second-order valence-corrected chi connectivity index (χ2v) is 6.22. The zero-order valence-electron chi connectivity index (χ0n) is 13.0. The van der Waals surface area contributed by atoms with Crippen molar-refractivity contribution in [3.63, 3.8) is 0 Å². The monoisotopic (exact) mass is 351 g/mol. The van der Waals surface area contributed by atoms with Crippen LogP contribution >= 0.6 is 11.3 Å². The first-order valence-electron chi connectivity index (χ1n) is 7.54. The van der Waals surface area contributed by atoms with Gasteiger partial charge in [0.25, 0.3) is 5.56 Å². The minimum Gasteiger partial charge on any atom is -0.360 e. The molecule has 124 valence electrons. The lowest BCUT2D eigenvalue weighted by Gasteiger charge is -2.06. The summed E-state index contributed by atoms with van der Waals surface area (Å²) in [6.45, 7) is -0.117. The van der Waals surface area contributed by atoms with Gasteiger partial charge in [-0.2, -0.15) is 0 Å². The number of fused-ring (bicyclic) bond motifs is 1. The fraction of sp³-hybridized carbons (Fsp3) is 0.0588. The maximum Gasteiger partial charge on any atom is 0.261 e. The Bertz CT molecular complexity index is 1100. The van der Waals surface area contributed by atoms with Crippen molar-refractivity contribution < 1.29 is 4.79 Å². The molecule has 0 aliphatic heterocycles. The SMILES string of the molecule is O=C(Cn1cnc2ccccc2c1=O)Nc1nc(-c2ccc[nH]2)cs1. The lowest BCUT2D eigenvalue weighted by Crippen LogP contribution is -2.27. The number of benzene rings is 1. The smallest absolute Gasteiger partial charge is 0.261 e. The molecule has 25 heavy (non-hydrogen) atoms. The summed E-state index contributed by atoms with van der Waals surface area (Å²) in [5.74, 6) is -0.327. The summed E-state index contributed by atoms with van der Waals surface area (Å²) in [4.78, 5) is 36.3. The van der Waals surface area contributed by atoms with Gasteiger partial charge in [0.05, 0.1) is 28.6 Å². The van der Waals surface area contributed by atoms with Gasteiger partial charge in [0, 0.05) is 11.6 Å². The highest BCUT2D eigenvalue weighted by atomic mass is 32.1. The molecule has 3 aromatic heterocycles. The molecule has 1 aromatic carbocycles. The van der Waals surface area contributed by atoms with E-state index in [4.69, 9.17) is 0 Å². The van der Waals surface area contributed by atoms with Gasteiger partial charge in [0.2, 0.25) is 5.91 Å². The first-order valence-corrected chi connectivity index (χ1v) is 8.42. The Hall–Kier alpha value is -3.26. The van der Waals surface area contributed by atoms with E-state index in [1.165, 1.54) is 22.2 Å². The molecular weight excluding hydrogens is 338 g/mol. The molecular formula is C17H13N5O2S. The van der Waals surface area contributed by atoms with Gasteiger partial charge in [-0.25, -0.2) is 9.97 Å². The third-order valence-corrected chi connectivity index (χ3v) is 4.43. The highest BCUT2D eigenvalue weighted by Gasteiger charge is 2.11. The molecule has 4 rings (SSSR count). The van der Waals surface area contributed by atoms with Crippen molar-refractivity contribution in [3.05, 3.63) is 64.7 Å². The van der Waals surface area contributed by atoms with E-state index in [-0.39, 0.29) is 18.0 Å². The molecule has 0 bridgehead atoms. The topological polar surface area (TPSA) is 92.7 Å². The summed E-state index contributed by atoms with van der Waals surface area (Å²) in [5, 5.41) is 5.54. The number of nitrogens with one attached hydrogen (secondary N) is 2. The second kappa shape index (κ2) is 6.33. The van der Waals surface area contributed by atoms with Crippen molar-refractivity contribution in [2.75, 3.05) is 5.32 Å². The third-order valence-electron chi connectivity index (χ3n) is 3.67. The molecule has 0 aliphatic carbocycles. The molecule has 0 fully saturated rings. The van der Waals surface area contributed by atoms with Crippen molar-refractivity contribution >= 4 is 33.3 Å². The Balaban J connectivity index is 1.51. The van der Waals surface area contributed by atoms with Gasteiger partial charge in [-0.3, -0.25) is 14.2 Å². The number of rotatable bonds is 4. The van der Waals surface area contributed by atoms with E-state index in [0.717, 1.165) is 11.4 Å². The molecule has 0 radical (unpaired) electrons. The van der Waals surface area contributed by atoms with Gasteiger partial charge in [0.1, 0.15) is 6.54 Å². The van der Waals surface area contributed by atoms with E-state index in [1.807, 2.05) is 29.8 Å². The van der Waals surface area contributed by atoms with E-state index in [1.54, 1.807) is 18.2 Å². The molecule has 8 heteroatoms. The maximum absolute atomic E-state index is 12.4. The number of amides is 1. The number of H-pyrrole nitrogens is 1. The third kappa shape index (κ3) is 3.07. The van der Waals surface area contributed by atoms with Crippen molar-refractivity contribution in [2.45, 2.75) is 6.54 Å². The van der Waals surface area contributed by atoms with E-state index in [2.05, 4.69) is 20.3 Å². The Morgan fingerprint density at radius 3 is 2.96 bits per heavy atom. The first kappa shape index (κ1) is 15.3. The van der Waals surface area contributed by atoms with Gasteiger partial charge in [-0.05, 0) is 24.3 Å². The molecule has 0 atom stereocenters. The first-order chi connectivity index (χ1) is 12.2. The number of carbonyl (C=O) groups excluding carboxylic acids is 1. The number of hydrogen-bond acceptors (Lipinski definition) is 5. The van der Waals surface area contributed by atoms with Crippen molar-refractivity contribution in [1.82, 2.24) is 19.5 Å². The number of carbonyl (C=O) groups is 1. The number of aromatic amines is 1. The summed E-state index contributed by atoms with van der Waals surface area (Å²) in [5.41, 5.74) is 2.01. The van der Waals surface area contributed by atoms with Crippen molar-refractivity contribution in [1.29, 1.82) is 0 Å². The predicted octanol–water partition coefficient (Wildman–Crippen LogP) is 2.49. The molecule has 7 nitrogen and oxygen atoms in total. The Kier molecular flexibility index (Phi) is 3.87.